The quantitative estimate of drug-likeness (QED) is 0.813. The van der Waals surface area contributed by atoms with Crippen molar-refractivity contribution in [3.8, 4) is 5.75 Å². The predicted molar refractivity (Wildman–Crippen MR) is 90.7 cm³/mol. The molecule has 0 aliphatic carbocycles. The Kier molecular flexibility index (Phi) is 4.53. The molecule has 0 bridgehead atoms. The Balaban J connectivity index is 1.87. The van der Waals surface area contributed by atoms with Crippen LogP contribution in [0.5, 0.6) is 5.75 Å². The second-order valence-electron chi connectivity index (χ2n) is 6.50. The molecule has 0 aromatic heterocycles. The van der Waals surface area contributed by atoms with Gasteiger partial charge < -0.3 is 9.64 Å². The molecule has 6 nitrogen and oxygen atoms in total. The van der Waals surface area contributed by atoms with Gasteiger partial charge in [-0.05, 0) is 37.5 Å². The lowest BCUT2D eigenvalue weighted by atomic mass is 9.78. The number of amides is 1. The van der Waals surface area contributed by atoms with Crippen molar-refractivity contribution in [1.82, 2.24) is 9.21 Å². The van der Waals surface area contributed by atoms with Gasteiger partial charge in [0.1, 0.15) is 5.75 Å². The second-order valence-corrected chi connectivity index (χ2v) is 8.84. The molecular weight excluding hydrogens is 352 g/mol. The molecule has 2 aliphatic heterocycles. The van der Waals surface area contributed by atoms with E-state index in [1.165, 1.54) is 23.5 Å². The van der Waals surface area contributed by atoms with E-state index in [1.807, 2.05) is 0 Å². The van der Waals surface area contributed by atoms with Gasteiger partial charge in [0.15, 0.2) is 0 Å². The van der Waals surface area contributed by atoms with Crippen molar-refractivity contribution in [3.05, 3.63) is 23.2 Å². The molecule has 2 fully saturated rings. The number of piperidine rings is 1. The summed E-state index contributed by atoms with van der Waals surface area (Å²) in [5.41, 5.74) is -0.573. The minimum absolute atomic E-state index is 0.0548. The summed E-state index contributed by atoms with van der Waals surface area (Å²) in [4.78, 5) is 14.4. The zero-order chi connectivity index (χ0) is 17.5. The summed E-state index contributed by atoms with van der Waals surface area (Å²) in [6.07, 6.45) is 2.22. The standard InChI is InChI=1S/C16H21ClN2O4S/c1-18-8-3-6-16(15(18)20)7-9-19(11-16)24(21,22)12-4-5-14(23-2)13(17)10-12/h4-5,10H,3,6-9,11H2,1-2H3. The van der Waals surface area contributed by atoms with Gasteiger partial charge >= 0.3 is 0 Å². The van der Waals surface area contributed by atoms with Crippen molar-refractivity contribution in [2.24, 2.45) is 5.41 Å². The van der Waals surface area contributed by atoms with Gasteiger partial charge in [-0.1, -0.05) is 11.6 Å². The Morgan fingerprint density at radius 1 is 1.25 bits per heavy atom. The number of carbonyl (C=O) groups excluding carboxylic acids is 1. The van der Waals surface area contributed by atoms with Gasteiger partial charge in [-0.3, -0.25) is 4.79 Å². The lowest BCUT2D eigenvalue weighted by Crippen LogP contribution is -2.48. The van der Waals surface area contributed by atoms with Crippen molar-refractivity contribution in [3.63, 3.8) is 0 Å². The molecule has 8 heteroatoms. The van der Waals surface area contributed by atoms with Crippen LogP contribution in [0.2, 0.25) is 5.02 Å². The van der Waals surface area contributed by atoms with E-state index in [-0.39, 0.29) is 22.4 Å². The van der Waals surface area contributed by atoms with Crippen LogP contribution in [-0.4, -0.2) is 57.3 Å². The average molecular weight is 373 g/mol. The van der Waals surface area contributed by atoms with E-state index in [9.17, 15) is 13.2 Å². The van der Waals surface area contributed by atoms with Gasteiger partial charge in [-0.2, -0.15) is 4.31 Å². The topological polar surface area (TPSA) is 66.9 Å². The Morgan fingerprint density at radius 2 is 2.00 bits per heavy atom. The molecule has 0 saturated carbocycles. The fourth-order valence-electron chi connectivity index (χ4n) is 3.64. The Hall–Kier alpha value is -1.31. The van der Waals surface area contributed by atoms with E-state index >= 15 is 0 Å². The SMILES string of the molecule is COc1ccc(S(=O)(=O)N2CCC3(CCCN(C)C3=O)C2)cc1Cl. The van der Waals surface area contributed by atoms with Crippen LogP contribution in [0.4, 0.5) is 0 Å². The third kappa shape index (κ3) is 2.78. The Labute approximate surface area is 147 Å². The summed E-state index contributed by atoms with van der Waals surface area (Å²) < 4.78 is 32.3. The van der Waals surface area contributed by atoms with Gasteiger partial charge in [0.2, 0.25) is 15.9 Å². The first-order valence-corrected chi connectivity index (χ1v) is 9.71. The number of hydrogen-bond acceptors (Lipinski definition) is 4. The fourth-order valence-corrected chi connectivity index (χ4v) is 5.52. The Morgan fingerprint density at radius 3 is 2.67 bits per heavy atom. The molecule has 2 saturated heterocycles. The minimum Gasteiger partial charge on any atom is -0.495 e. The lowest BCUT2D eigenvalue weighted by molar-refractivity contribution is -0.143. The first kappa shape index (κ1) is 17.5. The number of likely N-dealkylation sites (tertiary alicyclic amines) is 1. The summed E-state index contributed by atoms with van der Waals surface area (Å²) in [7, 11) is -0.421. The maximum absolute atomic E-state index is 12.9. The van der Waals surface area contributed by atoms with Crippen molar-refractivity contribution in [2.75, 3.05) is 33.8 Å². The maximum atomic E-state index is 12.9. The van der Waals surface area contributed by atoms with Gasteiger partial charge in [0.05, 0.1) is 22.4 Å². The summed E-state index contributed by atoms with van der Waals surface area (Å²) in [5, 5.41) is 0.251. The van der Waals surface area contributed by atoms with Crippen LogP contribution in [0.3, 0.4) is 0 Å². The molecule has 1 aromatic rings. The normalized spacial score (nSPS) is 25.5. The second kappa shape index (κ2) is 6.20. The van der Waals surface area contributed by atoms with Crippen LogP contribution < -0.4 is 4.74 Å². The van der Waals surface area contributed by atoms with E-state index < -0.39 is 15.4 Å². The van der Waals surface area contributed by atoms with E-state index in [0.717, 1.165) is 19.4 Å². The fraction of sp³-hybridized carbons (Fsp3) is 0.562. The van der Waals surface area contributed by atoms with Crippen LogP contribution in [-0.2, 0) is 14.8 Å². The highest BCUT2D eigenvalue weighted by Gasteiger charge is 2.50. The summed E-state index contributed by atoms with van der Waals surface area (Å²) in [6, 6.07) is 4.43. The molecule has 1 amide bonds. The van der Waals surface area contributed by atoms with E-state index in [0.29, 0.717) is 18.7 Å². The molecule has 2 heterocycles. The zero-order valence-corrected chi connectivity index (χ0v) is 15.4. The van der Waals surface area contributed by atoms with Crippen LogP contribution in [0.1, 0.15) is 19.3 Å². The Bertz CT molecular complexity index is 767. The monoisotopic (exact) mass is 372 g/mol. The first-order valence-electron chi connectivity index (χ1n) is 7.89. The number of nitrogens with zero attached hydrogens (tertiary/aromatic N) is 2. The highest BCUT2D eigenvalue weighted by molar-refractivity contribution is 7.89. The van der Waals surface area contributed by atoms with E-state index in [2.05, 4.69) is 0 Å². The van der Waals surface area contributed by atoms with Gasteiger partial charge in [0.25, 0.3) is 0 Å². The average Bonchev–Trinajstić information content (AvgIpc) is 2.98. The predicted octanol–water partition coefficient (Wildman–Crippen LogP) is 1.98. The number of methoxy groups -OCH3 is 1. The molecule has 1 spiro atoms. The highest BCUT2D eigenvalue weighted by atomic mass is 35.5. The molecular formula is C16H21ClN2O4S. The molecule has 0 radical (unpaired) electrons. The zero-order valence-electron chi connectivity index (χ0n) is 13.8. The lowest BCUT2D eigenvalue weighted by Gasteiger charge is -2.37. The van der Waals surface area contributed by atoms with E-state index in [1.54, 1.807) is 18.0 Å². The molecule has 3 rings (SSSR count). The van der Waals surface area contributed by atoms with E-state index in [4.69, 9.17) is 16.3 Å². The minimum atomic E-state index is -3.68. The van der Waals surface area contributed by atoms with Crippen molar-refractivity contribution in [2.45, 2.75) is 24.2 Å². The summed E-state index contributed by atoms with van der Waals surface area (Å²) in [6.45, 7) is 1.33. The number of carbonyl (C=O) groups is 1. The molecule has 132 valence electrons. The molecule has 0 N–H and O–H groups in total. The van der Waals surface area contributed by atoms with Crippen LogP contribution in [0.15, 0.2) is 23.1 Å². The molecule has 1 unspecified atom stereocenters. The molecule has 1 aromatic carbocycles. The number of benzene rings is 1. The third-order valence-corrected chi connectivity index (χ3v) is 7.17. The highest BCUT2D eigenvalue weighted by Crippen LogP contribution is 2.41. The summed E-state index contributed by atoms with van der Waals surface area (Å²) in [5.74, 6) is 0.483. The molecule has 24 heavy (non-hydrogen) atoms. The molecule has 2 aliphatic rings. The van der Waals surface area contributed by atoms with Crippen LogP contribution >= 0.6 is 11.6 Å². The number of ether oxygens (including phenoxy) is 1. The van der Waals surface area contributed by atoms with Gasteiger partial charge in [0, 0.05) is 26.7 Å². The van der Waals surface area contributed by atoms with Crippen molar-refractivity contribution < 1.29 is 17.9 Å². The maximum Gasteiger partial charge on any atom is 0.243 e. The molecule has 1 atom stereocenters. The van der Waals surface area contributed by atoms with Gasteiger partial charge in [-0.25, -0.2) is 8.42 Å². The number of rotatable bonds is 3. The first-order chi connectivity index (χ1) is 11.3. The van der Waals surface area contributed by atoms with Gasteiger partial charge in [-0.15, -0.1) is 0 Å². The van der Waals surface area contributed by atoms with Crippen LogP contribution in [0, 0.1) is 5.41 Å². The largest absolute Gasteiger partial charge is 0.495 e. The number of sulfonamides is 1. The summed E-state index contributed by atoms with van der Waals surface area (Å²) >= 11 is 6.06. The van der Waals surface area contributed by atoms with Crippen molar-refractivity contribution in [1.29, 1.82) is 0 Å². The number of halogens is 1. The number of hydrogen-bond donors (Lipinski definition) is 0. The van der Waals surface area contributed by atoms with Crippen molar-refractivity contribution >= 4 is 27.5 Å². The van der Waals surface area contributed by atoms with Crippen LogP contribution in [0.25, 0.3) is 0 Å². The third-order valence-electron chi connectivity index (χ3n) is 5.03. The smallest absolute Gasteiger partial charge is 0.243 e.